The summed E-state index contributed by atoms with van der Waals surface area (Å²) in [6.45, 7) is 12.2. The van der Waals surface area contributed by atoms with Gasteiger partial charge in [0.1, 0.15) is 0 Å². The molecule has 0 aliphatic rings. The summed E-state index contributed by atoms with van der Waals surface area (Å²) >= 11 is 1.42. The third-order valence-electron chi connectivity index (χ3n) is 1.74. The molecule has 3 nitrogen and oxygen atoms in total. The fourth-order valence-corrected chi connectivity index (χ4v) is 1.39. The fourth-order valence-electron chi connectivity index (χ4n) is 0.916. The molecule has 0 aliphatic carbocycles. The Bertz CT molecular complexity index is 285. The molecule has 0 aromatic carbocycles. The summed E-state index contributed by atoms with van der Waals surface area (Å²) < 4.78 is 8.12. The average Bonchev–Trinajstić information content (AvgIpc) is 2.30. The van der Waals surface area contributed by atoms with Crippen LogP contribution in [0.5, 0.6) is 0 Å². The van der Waals surface area contributed by atoms with E-state index in [1.165, 1.54) is 11.9 Å². The van der Waals surface area contributed by atoms with Crippen LogP contribution < -0.4 is 4.72 Å². The van der Waals surface area contributed by atoms with Crippen molar-refractivity contribution >= 4 is 17.9 Å². The number of ether oxygens (including phenoxy) is 1. The molecule has 0 aromatic heterocycles. The van der Waals surface area contributed by atoms with Crippen LogP contribution in [-0.2, 0) is 9.53 Å². The number of hydrogen-bond donors (Lipinski definition) is 1. The number of rotatable bonds is 9. The van der Waals surface area contributed by atoms with Gasteiger partial charge in [-0.2, -0.15) is 0 Å². The molecule has 0 bridgehead atoms. The molecule has 0 saturated carbocycles. The first-order chi connectivity index (χ1) is 8.10. The Hall–Kier alpha value is -1.00. The number of allylic oxidation sites excluding steroid dienone is 2. The van der Waals surface area contributed by atoms with Crippen molar-refractivity contribution in [3.05, 3.63) is 37.0 Å². The molecule has 17 heavy (non-hydrogen) atoms. The first-order valence-corrected chi connectivity index (χ1v) is 6.44. The summed E-state index contributed by atoms with van der Waals surface area (Å²) in [5.74, 6) is -0.00319. The summed E-state index contributed by atoms with van der Waals surface area (Å²) in [6, 6.07) is 0. The monoisotopic (exact) mass is 255 g/mol. The van der Waals surface area contributed by atoms with E-state index in [0.29, 0.717) is 24.9 Å². The Balaban J connectivity index is 3.63. The lowest BCUT2D eigenvalue weighted by atomic mass is 10.2. The van der Waals surface area contributed by atoms with Gasteiger partial charge in [0.25, 0.3) is 0 Å². The van der Waals surface area contributed by atoms with Crippen molar-refractivity contribution in [2.75, 3.05) is 13.2 Å². The number of carbonyl (C=O) groups is 1. The largest absolute Gasteiger partial charge is 0.376 e. The van der Waals surface area contributed by atoms with Gasteiger partial charge in [0.15, 0.2) is 0 Å². The predicted octanol–water partition coefficient (Wildman–Crippen LogP) is 2.86. The lowest BCUT2D eigenvalue weighted by Crippen LogP contribution is -2.19. The van der Waals surface area contributed by atoms with Gasteiger partial charge in [-0.25, -0.2) is 0 Å². The van der Waals surface area contributed by atoms with E-state index in [1.54, 1.807) is 12.2 Å². The van der Waals surface area contributed by atoms with Crippen LogP contribution in [0.4, 0.5) is 0 Å². The van der Waals surface area contributed by atoms with E-state index >= 15 is 0 Å². The molecule has 0 heterocycles. The molecular weight excluding hydrogens is 234 g/mol. The summed E-state index contributed by atoms with van der Waals surface area (Å²) in [5, 5.41) is 0.391. The minimum atomic E-state index is -0.00319. The second kappa shape index (κ2) is 10.2. The Morgan fingerprint density at radius 1 is 1.47 bits per heavy atom. The highest BCUT2D eigenvalue weighted by atomic mass is 32.2. The van der Waals surface area contributed by atoms with E-state index in [4.69, 9.17) is 4.74 Å². The van der Waals surface area contributed by atoms with Gasteiger partial charge in [0, 0.05) is 5.25 Å². The van der Waals surface area contributed by atoms with Gasteiger partial charge in [0.05, 0.1) is 19.6 Å². The molecule has 0 atom stereocenters. The zero-order chi connectivity index (χ0) is 13.1. The molecule has 0 fully saturated rings. The number of amides is 1. The first kappa shape index (κ1) is 16.0. The van der Waals surface area contributed by atoms with E-state index in [9.17, 15) is 4.79 Å². The normalized spacial score (nSPS) is 11.4. The highest BCUT2D eigenvalue weighted by molar-refractivity contribution is 7.98. The van der Waals surface area contributed by atoms with Gasteiger partial charge in [-0.3, -0.25) is 9.52 Å². The van der Waals surface area contributed by atoms with E-state index in [2.05, 4.69) is 17.9 Å². The summed E-state index contributed by atoms with van der Waals surface area (Å²) in [7, 11) is 0. The van der Waals surface area contributed by atoms with Gasteiger partial charge in [-0.1, -0.05) is 45.2 Å². The Kier molecular flexibility index (Phi) is 9.57. The maximum atomic E-state index is 11.3. The molecule has 4 heteroatoms. The summed E-state index contributed by atoms with van der Waals surface area (Å²) in [5.41, 5.74) is 0.956. The van der Waals surface area contributed by atoms with Crippen LogP contribution in [0.15, 0.2) is 37.0 Å². The van der Waals surface area contributed by atoms with Gasteiger partial charge in [-0.15, -0.1) is 0 Å². The predicted molar refractivity (Wildman–Crippen MR) is 74.8 cm³/mol. The van der Waals surface area contributed by atoms with Crippen molar-refractivity contribution in [3.8, 4) is 0 Å². The number of carbonyl (C=O) groups excluding carboxylic acids is 1. The SMILES string of the molecule is C=C/C=C(\C=C)COCCC(=O)NSC(C)C. The second-order valence-corrected chi connectivity index (χ2v) is 5.06. The van der Waals surface area contributed by atoms with E-state index < -0.39 is 0 Å². The van der Waals surface area contributed by atoms with Crippen molar-refractivity contribution in [1.82, 2.24) is 4.72 Å². The van der Waals surface area contributed by atoms with Gasteiger partial charge < -0.3 is 4.74 Å². The molecule has 0 aliphatic heterocycles. The van der Waals surface area contributed by atoms with E-state index in [-0.39, 0.29) is 5.91 Å². The van der Waals surface area contributed by atoms with Crippen molar-refractivity contribution in [3.63, 3.8) is 0 Å². The Labute approximate surface area is 108 Å². The fraction of sp³-hybridized carbons (Fsp3) is 0.462. The third-order valence-corrected chi connectivity index (χ3v) is 2.56. The molecule has 0 radical (unpaired) electrons. The van der Waals surface area contributed by atoms with Crippen LogP contribution in [-0.4, -0.2) is 24.4 Å². The smallest absolute Gasteiger partial charge is 0.232 e. The standard InChI is InChI=1S/C13H21NO2S/c1-5-7-12(6-2)10-16-9-8-13(15)14-17-11(3)4/h5-7,11H,1-2,8-10H2,3-4H3,(H,14,15)/b12-7+. The molecule has 0 aromatic rings. The van der Waals surface area contributed by atoms with E-state index in [1.807, 2.05) is 19.9 Å². The zero-order valence-electron chi connectivity index (χ0n) is 10.6. The summed E-state index contributed by atoms with van der Waals surface area (Å²) in [4.78, 5) is 11.3. The lowest BCUT2D eigenvalue weighted by molar-refractivity contribution is -0.120. The van der Waals surface area contributed by atoms with Crippen LogP contribution in [0.25, 0.3) is 0 Å². The molecule has 96 valence electrons. The summed E-state index contributed by atoms with van der Waals surface area (Å²) in [6.07, 6.45) is 5.61. The zero-order valence-corrected chi connectivity index (χ0v) is 11.4. The average molecular weight is 255 g/mol. The molecule has 0 unspecified atom stereocenters. The maximum Gasteiger partial charge on any atom is 0.232 e. The molecule has 1 N–H and O–H groups in total. The third kappa shape index (κ3) is 9.90. The van der Waals surface area contributed by atoms with Crippen molar-refractivity contribution in [1.29, 1.82) is 0 Å². The lowest BCUT2D eigenvalue weighted by Gasteiger charge is -2.07. The number of hydrogen-bond acceptors (Lipinski definition) is 3. The minimum Gasteiger partial charge on any atom is -0.376 e. The first-order valence-electron chi connectivity index (χ1n) is 5.56. The maximum absolute atomic E-state index is 11.3. The van der Waals surface area contributed by atoms with Gasteiger partial charge in [0.2, 0.25) is 5.91 Å². The van der Waals surface area contributed by atoms with Crippen LogP contribution in [0.2, 0.25) is 0 Å². The van der Waals surface area contributed by atoms with Crippen LogP contribution in [0.3, 0.4) is 0 Å². The molecule has 1 amide bonds. The molecule has 0 spiro atoms. The van der Waals surface area contributed by atoms with Gasteiger partial charge >= 0.3 is 0 Å². The quantitative estimate of drug-likeness (QED) is 0.391. The topological polar surface area (TPSA) is 38.3 Å². The molecule has 0 saturated heterocycles. The van der Waals surface area contributed by atoms with Crippen molar-refractivity contribution in [2.45, 2.75) is 25.5 Å². The second-order valence-electron chi connectivity index (χ2n) is 3.68. The van der Waals surface area contributed by atoms with Crippen LogP contribution in [0, 0.1) is 0 Å². The van der Waals surface area contributed by atoms with E-state index in [0.717, 1.165) is 5.57 Å². The Morgan fingerprint density at radius 3 is 2.71 bits per heavy atom. The highest BCUT2D eigenvalue weighted by Crippen LogP contribution is 2.04. The Morgan fingerprint density at radius 2 is 2.18 bits per heavy atom. The van der Waals surface area contributed by atoms with Crippen molar-refractivity contribution in [2.24, 2.45) is 0 Å². The van der Waals surface area contributed by atoms with Crippen LogP contribution in [0.1, 0.15) is 20.3 Å². The minimum absolute atomic E-state index is 0.00319. The molecule has 0 rings (SSSR count). The number of nitrogens with one attached hydrogen (secondary N) is 1. The van der Waals surface area contributed by atoms with Crippen molar-refractivity contribution < 1.29 is 9.53 Å². The van der Waals surface area contributed by atoms with Crippen LogP contribution >= 0.6 is 11.9 Å². The molecular formula is C13H21NO2S. The van der Waals surface area contributed by atoms with Gasteiger partial charge in [-0.05, 0) is 17.5 Å². The highest BCUT2D eigenvalue weighted by Gasteiger charge is 2.02.